The number of guanidine groups is 1. The van der Waals surface area contributed by atoms with E-state index < -0.39 is 15.5 Å². The first-order valence-corrected chi connectivity index (χ1v) is 10.9. The molecule has 0 aromatic heterocycles. The molecule has 0 spiro atoms. The molecule has 0 radical (unpaired) electrons. The van der Waals surface area contributed by atoms with Gasteiger partial charge in [-0.3, -0.25) is 9.79 Å². The third-order valence-electron chi connectivity index (χ3n) is 4.27. The van der Waals surface area contributed by atoms with Gasteiger partial charge in [0.05, 0.1) is 0 Å². The van der Waals surface area contributed by atoms with Crippen LogP contribution in [0.1, 0.15) is 39.5 Å². The monoisotopic (exact) mass is 429 g/mol. The Morgan fingerprint density at radius 1 is 1.11 bits per heavy atom. The van der Waals surface area contributed by atoms with Gasteiger partial charge >= 0.3 is 15.5 Å². The molecule has 0 aromatic rings. The highest BCUT2D eigenvalue weighted by atomic mass is 32.2. The molecule has 0 unspecified atom stereocenters. The molecule has 1 rings (SSSR count). The minimum absolute atomic E-state index is 0.00277. The van der Waals surface area contributed by atoms with E-state index in [2.05, 4.69) is 20.9 Å². The molecule has 0 bridgehead atoms. The van der Waals surface area contributed by atoms with E-state index >= 15 is 0 Å². The molecule has 12 heteroatoms. The third kappa shape index (κ3) is 7.82. The molecule has 0 atom stereocenters. The summed E-state index contributed by atoms with van der Waals surface area (Å²) in [5, 5.41) is 8.86. The smallest absolute Gasteiger partial charge is 0.357 e. The SMILES string of the molecule is CCCNC(=O)CCNC(=NCC1CCN(S(=O)(=O)C(F)(F)F)CC1)NCC. The number of hydrogen-bond acceptors (Lipinski definition) is 4. The van der Waals surface area contributed by atoms with Crippen molar-refractivity contribution in [3.63, 3.8) is 0 Å². The molecule has 1 saturated heterocycles. The van der Waals surface area contributed by atoms with Crippen LogP contribution in [0.4, 0.5) is 13.2 Å². The minimum atomic E-state index is -5.26. The molecule has 8 nitrogen and oxygen atoms in total. The van der Waals surface area contributed by atoms with Gasteiger partial charge in [-0.2, -0.15) is 17.5 Å². The lowest BCUT2D eigenvalue weighted by atomic mass is 9.98. The van der Waals surface area contributed by atoms with Gasteiger partial charge in [0.2, 0.25) is 5.91 Å². The number of nitrogens with zero attached hydrogens (tertiary/aromatic N) is 2. The Bertz CT molecular complexity index is 618. The number of alkyl halides is 3. The van der Waals surface area contributed by atoms with Crippen molar-refractivity contribution in [3.05, 3.63) is 0 Å². The number of amides is 1. The Morgan fingerprint density at radius 3 is 2.29 bits per heavy atom. The quantitative estimate of drug-likeness (QED) is 0.375. The van der Waals surface area contributed by atoms with Crippen LogP contribution in [0, 0.1) is 5.92 Å². The fraction of sp³-hybridized carbons (Fsp3) is 0.875. The fourth-order valence-electron chi connectivity index (χ4n) is 2.69. The van der Waals surface area contributed by atoms with E-state index in [1.807, 2.05) is 13.8 Å². The number of carbonyl (C=O) groups excluding carboxylic acids is 1. The van der Waals surface area contributed by atoms with Gasteiger partial charge < -0.3 is 16.0 Å². The van der Waals surface area contributed by atoms with Crippen LogP contribution in [0.25, 0.3) is 0 Å². The lowest BCUT2D eigenvalue weighted by molar-refractivity contribution is -0.120. The Morgan fingerprint density at radius 2 is 1.75 bits per heavy atom. The number of aliphatic imine (C=N–C) groups is 1. The van der Waals surface area contributed by atoms with Crippen LogP contribution in [-0.4, -0.2) is 69.4 Å². The Labute approximate surface area is 164 Å². The van der Waals surface area contributed by atoms with Crippen molar-refractivity contribution in [2.45, 2.75) is 45.0 Å². The Kier molecular flexibility index (Phi) is 10.0. The first kappa shape index (κ1) is 24.5. The summed E-state index contributed by atoms with van der Waals surface area (Å²) in [4.78, 5) is 16.0. The summed E-state index contributed by atoms with van der Waals surface area (Å²) in [5.41, 5.74) is -5.26. The van der Waals surface area contributed by atoms with Crippen LogP contribution < -0.4 is 16.0 Å². The second-order valence-corrected chi connectivity index (χ2v) is 8.47. The van der Waals surface area contributed by atoms with E-state index in [0.717, 1.165) is 6.42 Å². The second-order valence-electron chi connectivity index (χ2n) is 6.54. The van der Waals surface area contributed by atoms with Crippen LogP contribution in [0.3, 0.4) is 0 Å². The highest BCUT2D eigenvalue weighted by molar-refractivity contribution is 7.90. The highest BCUT2D eigenvalue weighted by Crippen LogP contribution is 2.30. The van der Waals surface area contributed by atoms with Gasteiger partial charge in [0.15, 0.2) is 5.96 Å². The minimum Gasteiger partial charge on any atom is -0.357 e. The average molecular weight is 430 g/mol. The maximum Gasteiger partial charge on any atom is 0.511 e. The van der Waals surface area contributed by atoms with Gasteiger partial charge in [0, 0.05) is 45.7 Å². The zero-order chi connectivity index (χ0) is 21.2. The third-order valence-corrected chi connectivity index (χ3v) is 5.90. The second kappa shape index (κ2) is 11.4. The van der Waals surface area contributed by atoms with Crippen LogP contribution in [0.15, 0.2) is 4.99 Å². The number of sulfonamides is 1. The molecule has 1 heterocycles. The summed E-state index contributed by atoms with van der Waals surface area (Å²) in [5.74, 6) is 0.475. The van der Waals surface area contributed by atoms with Crippen molar-refractivity contribution < 1.29 is 26.4 Å². The first-order chi connectivity index (χ1) is 13.1. The molecule has 3 N–H and O–H groups in total. The molecule has 1 aliphatic rings. The lowest BCUT2D eigenvalue weighted by Gasteiger charge is -2.30. The first-order valence-electron chi connectivity index (χ1n) is 9.47. The number of rotatable bonds is 9. The van der Waals surface area contributed by atoms with Gasteiger partial charge in [-0.1, -0.05) is 6.92 Å². The predicted molar refractivity (Wildman–Crippen MR) is 101 cm³/mol. The normalized spacial score (nSPS) is 17.4. The molecule has 1 aliphatic heterocycles. The van der Waals surface area contributed by atoms with E-state index in [0.29, 0.717) is 55.7 Å². The summed E-state index contributed by atoms with van der Waals surface area (Å²) in [6.45, 7) is 5.57. The van der Waals surface area contributed by atoms with Crippen molar-refractivity contribution >= 4 is 21.9 Å². The van der Waals surface area contributed by atoms with Gasteiger partial charge in [-0.15, -0.1) is 0 Å². The highest BCUT2D eigenvalue weighted by Gasteiger charge is 2.50. The fourth-order valence-corrected chi connectivity index (χ4v) is 3.67. The van der Waals surface area contributed by atoms with E-state index in [9.17, 15) is 26.4 Å². The average Bonchev–Trinajstić information content (AvgIpc) is 2.63. The molecule has 0 aliphatic carbocycles. The number of halogens is 3. The molecular formula is C16H30F3N5O3S. The summed E-state index contributed by atoms with van der Waals surface area (Å²) in [7, 11) is -5.25. The molecule has 164 valence electrons. The number of nitrogens with one attached hydrogen (secondary N) is 3. The van der Waals surface area contributed by atoms with Crippen LogP contribution >= 0.6 is 0 Å². The van der Waals surface area contributed by atoms with E-state index in [1.165, 1.54) is 0 Å². The van der Waals surface area contributed by atoms with E-state index in [-0.39, 0.29) is 24.9 Å². The number of hydrogen-bond donors (Lipinski definition) is 3. The van der Waals surface area contributed by atoms with Gasteiger partial charge in [-0.05, 0) is 32.1 Å². The number of piperidine rings is 1. The van der Waals surface area contributed by atoms with Crippen molar-refractivity contribution in [2.24, 2.45) is 10.9 Å². The van der Waals surface area contributed by atoms with Gasteiger partial charge in [0.1, 0.15) is 0 Å². The molecule has 1 amide bonds. The van der Waals surface area contributed by atoms with Crippen molar-refractivity contribution in [1.82, 2.24) is 20.3 Å². The summed E-state index contributed by atoms with van der Waals surface area (Å²) in [6.07, 6.45) is 1.81. The number of carbonyl (C=O) groups is 1. The summed E-state index contributed by atoms with van der Waals surface area (Å²) < 4.78 is 61.1. The van der Waals surface area contributed by atoms with Crippen molar-refractivity contribution in [3.8, 4) is 0 Å². The molecular weight excluding hydrogens is 399 g/mol. The zero-order valence-corrected chi connectivity index (χ0v) is 17.1. The standard InChI is InChI=1S/C16H30F3N5O3S/c1-3-8-21-14(25)5-9-22-15(20-4-2)23-12-13-6-10-24(11-7-13)28(26,27)16(17,18)19/h13H,3-12H2,1-2H3,(H,21,25)(H2,20,22,23). The van der Waals surface area contributed by atoms with Crippen LogP contribution in [-0.2, 0) is 14.8 Å². The van der Waals surface area contributed by atoms with E-state index in [4.69, 9.17) is 0 Å². The molecule has 0 saturated carbocycles. The molecule has 1 fully saturated rings. The van der Waals surface area contributed by atoms with Gasteiger partial charge in [-0.25, -0.2) is 8.42 Å². The van der Waals surface area contributed by atoms with Gasteiger partial charge in [0.25, 0.3) is 0 Å². The van der Waals surface area contributed by atoms with Crippen molar-refractivity contribution in [2.75, 3.05) is 39.3 Å². The summed E-state index contributed by atoms with van der Waals surface area (Å²) in [6, 6.07) is 0. The maximum atomic E-state index is 12.6. The largest absolute Gasteiger partial charge is 0.511 e. The lowest BCUT2D eigenvalue weighted by Crippen LogP contribution is -2.45. The van der Waals surface area contributed by atoms with E-state index in [1.54, 1.807) is 0 Å². The molecule has 0 aromatic carbocycles. The van der Waals surface area contributed by atoms with Crippen LogP contribution in [0.5, 0.6) is 0 Å². The zero-order valence-electron chi connectivity index (χ0n) is 16.3. The Hall–Kier alpha value is -1.56. The Balaban J connectivity index is 2.46. The predicted octanol–water partition coefficient (Wildman–Crippen LogP) is 1.02. The van der Waals surface area contributed by atoms with Crippen molar-refractivity contribution in [1.29, 1.82) is 0 Å². The topological polar surface area (TPSA) is 103 Å². The van der Waals surface area contributed by atoms with Crippen LogP contribution in [0.2, 0.25) is 0 Å². The molecule has 28 heavy (non-hydrogen) atoms. The summed E-state index contributed by atoms with van der Waals surface area (Å²) >= 11 is 0. The maximum absolute atomic E-state index is 12.6.